The summed E-state index contributed by atoms with van der Waals surface area (Å²) in [5.41, 5.74) is 3.20. The minimum atomic E-state index is 0.642. The second kappa shape index (κ2) is 5.58. The topological polar surface area (TPSA) is 40.8 Å². The van der Waals surface area contributed by atoms with E-state index in [1.54, 1.807) is 0 Å². The van der Waals surface area contributed by atoms with Gasteiger partial charge in [-0.05, 0) is 37.3 Å². The molecule has 1 heterocycles. The molecule has 1 aliphatic rings. The molecule has 2 rings (SSSR count). The SMILES string of the molecule is Cc1c(CNC2CCCCC2C)cc(C#N)n1C. The summed E-state index contributed by atoms with van der Waals surface area (Å²) in [4.78, 5) is 0. The average Bonchev–Trinajstić information content (AvgIpc) is 2.65. The van der Waals surface area contributed by atoms with E-state index in [1.807, 2.05) is 17.7 Å². The van der Waals surface area contributed by atoms with Crippen LogP contribution in [0.5, 0.6) is 0 Å². The molecule has 1 aromatic rings. The fraction of sp³-hybridized carbons (Fsp3) is 0.667. The molecule has 2 unspecified atom stereocenters. The first-order valence-corrected chi connectivity index (χ1v) is 6.92. The van der Waals surface area contributed by atoms with Crippen LogP contribution in [0.15, 0.2) is 6.07 Å². The number of hydrogen-bond acceptors (Lipinski definition) is 2. The molecule has 0 amide bonds. The van der Waals surface area contributed by atoms with Crippen LogP contribution in [-0.2, 0) is 13.6 Å². The normalized spacial score (nSPS) is 23.9. The Morgan fingerprint density at radius 2 is 2.17 bits per heavy atom. The van der Waals surface area contributed by atoms with Crippen molar-refractivity contribution in [3.8, 4) is 6.07 Å². The van der Waals surface area contributed by atoms with Gasteiger partial charge in [-0.3, -0.25) is 0 Å². The molecule has 1 fully saturated rings. The van der Waals surface area contributed by atoms with Crippen LogP contribution < -0.4 is 5.32 Å². The number of hydrogen-bond donors (Lipinski definition) is 1. The van der Waals surface area contributed by atoms with Crippen LogP contribution in [0.4, 0.5) is 0 Å². The van der Waals surface area contributed by atoms with Crippen LogP contribution in [0.25, 0.3) is 0 Å². The zero-order valence-electron chi connectivity index (χ0n) is 11.7. The van der Waals surface area contributed by atoms with Gasteiger partial charge in [-0.2, -0.15) is 5.26 Å². The van der Waals surface area contributed by atoms with Crippen molar-refractivity contribution in [1.82, 2.24) is 9.88 Å². The zero-order valence-corrected chi connectivity index (χ0v) is 11.7. The standard InChI is InChI=1S/C15H23N3/c1-11-6-4-5-7-15(11)17-10-13-8-14(9-16)18(3)12(13)2/h8,11,15,17H,4-7,10H2,1-3H3. The number of nitrogens with zero attached hydrogens (tertiary/aromatic N) is 2. The lowest BCUT2D eigenvalue weighted by Crippen LogP contribution is -2.36. The van der Waals surface area contributed by atoms with E-state index < -0.39 is 0 Å². The van der Waals surface area contributed by atoms with Gasteiger partial charge in [-0.1, -0.05) is 19.8 Å². The van der Waals surface area contributed by atoms with Crippen molar-refractivity contribution in [3.63, 3.8) is 0 Å². The lowest BCUT2D eigenvalue weighted by molar-refractivity contribution is 0.279. The zero-order chi connectivity index (χ0) is 13.1. The van der Waals surface area contributed by atoms with Crippen molar-refractivity contribution in [2.24, 2.45) is 13.0 Å². The monoisotopic (exact) mass is 245 g/mol. The molecule has 0 aliphatic heterocycles. The quantitative estimate of drug-likeness (QED) is 0.889. The van der Waals surface area contributed by atoms with Crippen LogP contribution >= 0.6 is 0 Å². The summed E-state index contributed by atoms with van der Waals surface area (Å²) in [7, 11) is 1.96. The molecule has 18 heavy (non-hydrogen) atoms. The third kappa shape index (κ3) is 2.59. The first-order chi connectivity index (χ1) is 8.63. The summed E-state index contributed by atoms with van der Waals surface area (Å²) >= 11 is 0. The highest BCUT2D eigenvalue weighted by Crippen LogP contribution is 2.24. The number of aromatic nitrogens is 1. The molecule has 0 radical (unpaired) electrons. The van der Waals surface area contributed by atoms with Crippen molar-refractivity contribution in [1.29, 1.82) is 5.26 Å². The third-order valence-electron chi connectivity index (χ3n) is 4.42. The number of nitrogens with one attached hydrogen (secondary N) is 1. The largest absolute Gasteiger partial charge is 0.340 e. The van der Waals surface area contributed by atoms with Crippen LogP contribution in [0, 0.1) is 24.2 Å². The molecule has 2 atom stereocenters. The van der Waals surface area contributed by atoms with Gasteiger partial charge in [-0.15, -0.1) is 0 Å². The molecule has 1 aromatic heterocycles. The van der Waals surface area contributed by atoms with Crippen LogP contribution in [0.3, 0.4) is 0 Å². The van der Waals surface area contributed by atoms with Crippen molar-refractivity contribution < 1.29 is 0 Å². The second-order valence-electron chi connectivity index (χ2n) is 5.56. The van der Waals surface area contributed by atoms with E-state index in [-0.39, 0.29) is 0 Å². The van der Waals surface area contributed by atoms with Crippen molar-refractivity contribution >= 4 is 0 Å². The lowest BCUT2D eigenvalue weighted by Gasteiger charge is -2.29. The molecule has 1 saturated carbocycles. The van der Waals surface area contributed by atoms with E-state index >= 15 is 0 Å². The minimum absolute atomic E-state index is 0.642. The van der Waals surface area contributed by atoms with Gasteiger partial charge in [0.05, 0.1) is 0 Å². The molecule has 1 N–H and O–H groups in total. The molecule has 98 valence electrons. The Hall–Kier alpha value is -1.27. The highest BCUT2D eigenvalue weighted by Gasteiger charge is 2.21. The highest BCUT2D eigenvalue weighted by atomic mass is 15.0. The van der Waals surface area contributed by atoms with E-state index in [0.717, 1.165) is 18.2 Å². The van der Waals surface area contributed by atoms with E-state index in [0.29, 0.717) is 6.04 Å². The first-order valence-electron chi connectivity index (χ1n) is 6.92. The Morgan fingerprint density at radius 1 is 1.44 bits per heavy atom. The predicted octanol–water partition coefficient (Wildman–Crippen LogP) is 2.87. The van der Waals surface area contributed by atoms with Gasteiger partial charge in [-0.25, -0.2) is 0 Å². The Morgan fingerprint density at radius 3 is 2.78 bits per heavy atom. The average molecular weight is 245 g/mol. The third-order valence-corrected chi connectivity index (χ3v) is 4.42. The van der Waals surface area contributed by atoms with Gasteiger partial charge in [0.25, 0.3) is 0 Å². The summed E-state index contributed by atoms with van der Waals surface area (Å²) in [5.74, 6) is 0.776. The number of nitriles is 1. The fourth-order valence-electron chi connectivity index (χ4n) is 2.91. The smallest absolute Gasteiger partial charge is 0.120 e. The summed E-state index contributed by atoms with van der Waals surface area (Å²) < 4.78 is 1.97. The second-order valence-corrected chi connectivity index (χ2v) is 5.56. The predicted molar refractivity (Wildman–Crippen MR) is 73.1 cm³/mol. The maximum atomic E-state index is 9.02. The van der Waals surface area contributed by atoms with Crippen LogP contribution in [0.1, 0.15) is 49.6 Å². The Kier molecular flexibility index (Phi) is 4.08. The number of rotatable bonds is 3. The molecule has 0 saturated heterocycles. The van der Waals surface area contributed by atoms with Gasteiger partial charge in [0.2, 0.25) is 0 Å². The van der Waals surface area contributed by atoms with E-state index in [9.17, 15) is 0 Å². The molecule has 0 bridgehead atoms. The van der Waals surface area contributed by atoms with Gasteiger partial charge >= 0.3 is 0 Å². The lowest BCUT2D eigenvalue weighted by atomic mass is 9.86. The van der Waals surface area contributed by atoms with Gasteiger partial charge < -0.3 is 9.88 Å². The maximum absolute atomic E-state index is 9.02. The molecule has 3 nitrogen and oxygen atoms in total. The van der Waals surface area contributed by atoms with E-state index in [4.69, 9.17) is 5.26 Å². The Labute approximate surface area is 110 Å². The summed E-state index contributed by atoms with van der Waals surface area (Å²) in [6.45, 7) is 5.31. The first kappa shape index (κ1) is 13.2. The van der Waals surface area contributed by atoms with Crippen LogP contribution in [-0.4, -0.2) is 10.6 Å². The van der Waals surface area contributed by atoms with Gasteiger partial charge in [0, 0.05) is 25.3 Å². The maximum Gasteiger partial charge on any atom is 0.120 e. The van der Waals surface area contributed by atoms with E-state index in [2.05, 4.69) is 25.2 Å². The summed E-state index contributed by atoms with van der Waals surface area (Å²) in [6, 6.07) is 4.89. The van der Waals surface area contributed by atoms with Crippen LogP contribution in [0.2, 0.25) is 0 Å². The van der Waals surface area contributed by atoms with Crippen molar-refractivity contribution in [2.75, 3.05) is 0 Å². The Balaban J connectivity index is 2.00. The Bertz CT molecular complexity index is 453. The summed E-state index contributed by atoms with van der Waals surface area (Å²) in [5, 5.41) is 12.7. The molecule has 0 spiro atoms. The van der Waals surface area contributed by atoms with Gasteiger partial charge in [0.1, 0.15) is 11.8 Å². The van der Waals surface area contributed by atoms with Gasteiger partial charge in [0.15, 0.2) is 0 Å². The van der Waals surface area contributed by atoms with E-state index in [1.165, 1.54) is 36.9 Å². The highest BCUT2D eigenvalue weighted by molar-refractivity contribution is 5.34. The fourth-order valence-corrected chi connectivity index (χ4v) is 2.91. The minimum Gasteiger partial charge on any atom is -0.340 e. The molecule has 1 aliphatic carbocycles. The van der Waals surface area contributed by atoms with Crippen molar-refractivity contribution in [2.45, 2.75) is 52.1 Å². The van der Waals surface area contributed by atoms with Crippen molar-refractivity contribution in [3.05, 3.63) is 23.0 Å². The molecular formula is C15H23N3. The molecule has 0 aromatic carbocycles. The molecular weight excluding hydrogens is 222 g/mol. The molecule has 3 heteroatoms. The summed E-state index contributed by atoms with van der Waals surface area (Å²) in [6.07, 6.45) is 5.36.